The van der Waals surface area contributed by atoms with Crippen molar-refractivity contribution in [3.05, 3.63) is 0 Å². The van der Waals surface area contributed by atoms with Gasteiger partial charge in [-0.3, -0.25) is 0 Å². The average Bonchev–Trinajstić information content (AvgIpc) is 1.67. The Morgan fingerprint density at radius 3 is 2.25 bits per heavy atom. The Balaban J connectivity index is 3.17. The van der Waals surface area contributed by atoms with Crippen LogP contribution >= 0.6 is 23.2 Å². The molecule has 0 aromatic carbocycles. The highest BCUT2D eigenvalue weighted by Gasteiger charge is 2.08. The molecule has 2 atom stereocenters. The number of alkyl halides is 2. The Labute approximate surface area is 62.8 Å². The van der Waals surface area contributed by atoms with E-state index in [9.17, 15) is 0 Å². The van der Waals surface area contributed by atoms with Crippen LogP contribution in [-0.4, -0.2) is 19.7 Å². The molecule has 0 aliphatic rings. The average molecular weight is 171 g/mol. The molecule has 50 valence electrons. The molecule has 0 aliphatic heterocycles. The molecule has 3 heteroatoms. The standard InChI is InChI=1S/C5H12Cl2Si/c1-5(7)8(2)4-3-6/h5,8H,3-4H2,1-2H3. The third-order valence-electron chi connectivity index (χ3n) is 1.35. The first-order chi connectivity index (χ1) is 3.68. The highest BCUT2D eigenvalue weighted by atomic mass is 35.5. The van der Waals surface area contributed by atoms with Crippen LogP contribution in [0.25, 0.3) is 0 Å². The van der Waals surface area contributed by atoms with Crippen LogP contribution in [0.4, 0.5) is 0 Å². The van der Waals surface area contributed by atoms with Gasteiger partial charge in [0.15, 0.2) is 0 Å². The molecule has 0 saturated carbocycles. The molecular formula is C5H12Cl2Si. The minimum absolute atomic E-state index is 0.397. The number of hydrogen-bond donors (Lipinski definition) is 0. The van der Waals surface area contributed by atoms with Gasteiger partial charge in [0, 0.05) is 10.9 Å². The van der Waals surface area contributed by atoms with Gasteiger partial charge in [0.1, 0.15) is 0 Å². The van der Waals surface area contributed by atoms with Crippen LogP contribution in [0.1, 0.15) is 6.92 Å². The number of rotatable bonds is 3. The lowest BCUT2D eigenvalue weighted by Crippen LogP contribution is -2.19. The summed E-state index contributed by atoms with van der Waals surface area (Å²) >= 11 is 11.3. The topological polar surface area (TPSA) is 0 Å². The van der Waals surface area contributed by atoms with Crippen LogP contribution in [0.15, 0.2) is 0 Å². The predicted octanol–water partition coefficient (Wildman–Crippen LogP) is 2.25. The molecule has 0 rings (SSSR count). The molecule has 8 heavy (non-hydrogen) atoms. The van der Waals surface area contributed by atoms with Crippen molar-refractivity contribution >= 4 is 32.0 Å². The summed E-state index contributed by atoms with van der Waals surface area (Å²) in [5.74, 6) is 0.782. The molecule has 0 aromatic rings. The summed E-state index contributed by atoms with van der Waals surface area (Å²) in [7, 11) is -0.642. The number of hydrogen-bond acceptors (Lipinski definition) is 0. The van der Waals surface area contributed by atoms with Crippen LogP contribution in [0.3, 0.4) is 0 Å². The van der Waals surface area contributed by atoms with Gasteiger partial charge in [-0.25, -0.2) is 0 Å². The largest absolute Gasteiger partial charge is 0.127 e. The highest BCUT2D eigenvalue weighted by Crippen LogP contribution is 2.05. The van der Waals surface area contributed by atoms with Crippen molar-refractivity contribution in [2.75, 3.05) is 5.88 Å². The molecule has 0 bridgehead atoms. The summed E-state index contributed by atoms with van der Waals surface area (Å²) in [5, 5.41) is 0.397. The Morgan fingerprint density at radius 2 is 2.12 bits per heavy atom. The first-order valence-electron chi connectivity index (χ1n) is 2.88. The van der Waals surface area contributed by atoms with E-state index in [-0.39, 0.29) is 0 Å². The first kappa shape index (κ1) is 8.80. The maximum absolute atomic E-state index is 5.81. The second-order valence-corrected chi connectivity index (χ2v) is 7.15. The molecule has 0 nitrogen and oxygen atoms in total. The summed E-state index contributed by atoms with van der Waals surface area (Å²) in [4.78, 5) is 0. The summed E-state index contributed by atoms with van der Waals surface area (Å²) in [5.41, 5.74) is 0. The third kappa shape index (κ3) is 3.76. The van der Waals surface area contributed by atoms with Crippen LogP contribution < -0.4 is 0 Å². The maximum Gasteiger partial charge on any atom is 0.0557 e. The van der Waals surface area contributed by atoms with Gasteiger partial charge in [-0.2, -0.15) is 0 Å². The van der Waals surface area contributed by atoms with Gasteiger partial charge in [0.25, 0.3) is 0 Å². The fourth-order valence-corrected chi connectivity index (χ4v) is 2.62. The van der Waals surface area contributed by atoms with Crippen LogP contribution in [0.5, 0.6) is 0 Å². The van der Waals surface area contributed by atoms with Gasteiger partial charge in [0.2, 0.25) is 0 Å². The Hall–Kier alpha value is 0.797. The minimum Gasteiger partial charge on any atom is -0.127 e. The van der Waals surface area contributed by atoms with Gasteiger partial charge < -0.3 is 0 Å². The Bertz CT molecular complexity index is 56.4. The quantitative estimate of drug-likeness (QED) is 0.451. The van der Waals surface area contributed by atoms with E-state index in [0.717, 1.165) is 11.9 Å². The molecule has 2 unspecified atom stereocenters. The third-order valence-corrected chi connectivity index (χ3v) is 5.99. The van der Waals surface area contributed by atoms with Crippen LogP contribution in [0.2, 0.25) is 12.6 Å². The van der Waals surface area contributed by atoms with Crippen molar-refractivity contribution in [3.8, 4) is 0 Å². The molecule has 0 heterocycles. The highest BCUT2D eigenvalue weighted by molar-refractivity contribution is 6.68. The van der Waals surface area contributed by atoms with Gasteiger partial charge in [-0.05, 0) is 6.04 Å². The van der Waals surface area contributed by atoms with E-state index in [2.05, 4.69) is 13.5 Å². The van der Waals surface area contributed by atoms with Crippen molar-refractivity contribution in [2.24, 2.45) is 0 Å². The molecular weight excluding hydrogens is 159 g/mol. The molecule has 0 fully saturated rings. The molecule has 0 saturated heterocycles. The second kappa shape index (κ2) is 4.65. The maximum atomic E-state index is 5.81. The van der Waals surface area contributed by atoms with E-state index in [4.69, 9.17) is 23.2 Å². The van der Waals surface area contributed by atoms with Crippen molar-refractivity contribution in [3.63, 3.8) is 0 Å². The summed E-state index contributed by atoms with van der Waals surface area (Å²) < 4.78 is 0. The normalized spacial score (nSPS) is 18.0. The SMILES string of the molecule is CC(Cl)[SiH](C)CCCl. The number of halogens is 2. The van der Waals surface area contributed by atoms with Gasteiger partial charge in [-0.15, -0.1) is 23.2 Å². The van der Waals surface area contributed by atoms with E-state index >= 15 is 0 Å². The fourth-order valence-electron chi connectivity index (χ4n) is 0.402. The lowest BCUT2D eigenvalue weighted by molar-refractivity contribution is 1.26. The van der Waals surface area contributed by atoms with Crippen LogP contribution in [0, 0.1) is 0 Å². The van der Waals surface area contributed by atoms with Crippen molar-refractivity contribution in [1.82, 2.24) is 0 Å². The summed E-state index contributed by atoms with van der Waals surface area (Å²) in [6, 6.07) is 1.16. The first-order valence-corrected chi connectivity index (χ1v) is 6.49. The lowest BCUT2D eigenvalue weighted by Gasteiger charge is -2.07. The molecule has 0 aliphatic carbocycles. The zero-order valence-electron chi connectivity index (χ0n) is 5.32. The van der Waals surface area contributed by atoms with Crippen molar-refractivity contribution in [1.29, 1.82) is 0 Å². The van der Waals surface area contributed by atoms with E-state index in [1.165, 1.54) is 0 Å². The predicted molar refractivity (Wildman–Crippen MR) is 43.9 cm³/mol. The molecule has 0 spiro atoms. The Kier molecular flexibility index (Phi) is 5.12. The van der Waals surface area contributed by atoms with E-state index < -0.39 is 8.80 Å². The lowest BCUT2D eigenvalue weighted by atomic mass is 10.9. The summed E-state index contributed by atoms with van der Waals surface area (Å²) in [6.07, 6.45) is 0. The van der Waals surface area contributed by atoms with E-state index in [1.54, 1.807) is 0 Å². The van der Waals surface area contributed by atoms with E-state index in [1.807, 2.05) is 0 Å². The molecule has 0 amide bonds. The smallest absolute Gasteiger partial charge is 0.0557 e. The monoisotopic (exact) mass is 170 g/mol. The molecule has 0 aromatic heterocycles. The molecule has 0 radical (unpaired) electrons. The zero-order chi connectivity index (χ0) is 6.57. The van der Waals surface area contributed by atoms with Crippen molar-refractivity contribution < 1.29 is 0 Å². The summed E-state index contributed by atoms with van der Waals surface area (Å²) in [6.45, 7) is 4.31. The van der Waals surface area contributed by atoms with Crippen LogP contribution in [-0.2, 0) is 0 Å². The Morgan fingerprint density at radius 1 is 1.62 bits per heavy atom. The van der Waals surface area contributed by atoms with Gasteiger partial charge in [-0.1, -0.05) is 13.5 Å². The van der Waals surface area contributed by atoms with Gasteiger partial charge >= 0.3 is 0 Å². The van der Waals surface area contributed by atoms with Crippen molar-refractivity contribution in [2.45, 2.75) is 24.5 Å². The van der Waals surface area contributed by atoms with Gasteiger partial charge in [0.05, 0.1) is 8.80 Å². The second-order valence-electron chi connectivity index (χ2n) is 2.13. The zero-order valence-corrected chi connectivity index (χ0v) is 7.99. The van der Waals surface area contributed by atoms with E-state index in [0.29, 0.717) is 5.00 Å². The molecule has 0 N–H and O–H groups in total. The minimum atomic E-state index is -0.642. The fraction of sp³-hybridized carbons (Fsp3) is 1.00.